The highest BCUT2D eigenvalue weighted by Gasteiger charge is 2.36. The normalized spacial score (nSPS) is 26.2. The first-order chi connectivity index (χ1) is 9.58. The summed E-state index contributed by atoms with van der Waals surface area (Å²) in [5.41, 5.74) is -0.00925. The van der Waals surface area contributed by atoms with E-state index in [2.05, 4.69) is 13.0 Å². The summed E-state index contributed by atoms with van der Waals surface area (Å²) >= 11 is 0. The van der Waals surface area contributed by atoms with Gasteiger partial charge in [-0.15, -0.1) is 0 Å². The highest BCUT2D eigenvalue weighted by molar-refractivity contribution is 5.22. The molecule has 3 heteroatoms. The second-order valence-electron chi connectivity index (χ2n) is 6.04. The fourth-order valence-corrected chi connectivity index (χ4v) is 3.28. The third kappa shape index (κ3) is 3.36. The third-order valence-electron chi connectivity index (χ3n) is 4.54. The highest BCUT2D eigenvalue weighted by atomic mass is 19.1. The first-order valence-electron chi connectivity index (χ1n) is 7.44. The Labute approximate surface area is 119 Å². The van der Waals surface area contributed by atoms with Gasteiger partial charge in [0, 0.05) is 6.07 Å². The lowest BCUT2D eigenvalue weighted by molar-refractivity contribution is 0.199. The SMILES string of the molecule is CCCC1CCC(C#N)(Cc2ccc(F)cc2F)CC1. The van der Waals surface area contributed by atoms with E-state index >= 15 is 0 Å². The van der Waals surface area contributed by atoms with Gasteiger partial charge in [-0.1, -0.05) is 25.8 Å². The Hall–Kier alpha value is -1.43. The second-order valence-corrected chi connectivity index (χ2v) is 6.04. The van der Waals surface area contributed by atoms with Crippen LogP contribution in [0.2, 0.25) is 0 Å². The monoisotopic (exact) mass is 277 g/mol. The van der Waals surface area contributed by atoms with Crippen molar-refractivity contribution in [2.75, 3.05) is 0 Å². The van der Waals surface area contributed by atoms with Crippen molar-refractivity contribution in [3.63, 3.8) is 0 Å². The third-order valence-corrected chi connectivity index (χ3v) is 4.54. The minimum Gasteiger partial charge on any atom is -0.207 e. The number of hydrogen-bond acceptors (Lipinski definition) is 1. The van der Waals surface area contributed by atoms with E-state index in [1.54, 1.807) is 0 Å². The topological polar surface area (TPSA) is 23.8 Å². The van der Waals surface area contributed by atoms with Crippen molar-refractivity contribution in [2.24, 2.45) is 11.3 Å². The van der Waals surface area contributed by atoms with E-state index in [9.17, 15) is 14.0 Å². The van der Waals surface area contributed by atoms with Gasteiger partial charge < -0.3 is 0 Å². The Morgan fingerprint density at radius 2 is 2.00 bits per heavy atom. The molecule has 1 aromatic carbocycles. The molecule has 0 saturated heterocycles. The van der Waals surface area contributed by atoms with Crippen LogP contribution in [0.25, 0.3) is 0 Å². The van der Waals surface area contributed by atoms with Crippen molar-refractivity contribution in [3.05, 3.63) is 35.4 Å². The predicted octanol–water partition coefficient (Wildman–Crippen LogP) is 5.01. The van der Waals surface area contributed by atoms with E-state index in [0.29, 0.717) is 17.9 Å². The second kappa shape index (κ2) is 6.35. The largest absolute Gasteiger partial charge is 0.207 e. The molecule has 0 bridgehead atoms. The summed E-state index contributed by atoms with van der Waals surface area (Å²) in [5, 5.41) is 9.52. The molecule has 2 rings (SSSR count). The Balaban J connectivity index is 2.08. The molecule has 0 unspecified atom stereocenters. The zero-order valence-corrected chi connectivity index (χ0v) is 12.0. The van der Waals surface area contributed by atoms with E-state index in [0.717, 1.165) is 31.7 Å². The maximum absolute atomic E-state index is 13.8. The van der Waals surface area contributed by atoms with E-state index in [4.69, 9.17) is 0 Å². The fourth-order valence-electron chi connectivity index (χ4n) is 3.28. The number of halogens is 2. The van der Waals surface area contributed by atoms with Crippen molar-refractivity contribution in [3.8, 4) is 6.07 Å². The van der Waals surface area contributed by atoms with Crippen LogP contribution in [0, 0.1) is 34.3 Å². The number of nitriles is 1. The molecule has 0 spiro atoms. The standard InChI is InChI=1S/C17H21F2N/c1-2-3-13-6-8-17(12-20,9-7-13)11-14-4-5-15(18)10-16(14)19/h4-5,10,13H,2-3,6-9,11H2,1H3. The molecule has 1 aliphatic carbocycles. The van der Waals surface area contributed by atoms with E-state index in [-0.39, 0.29) is 0 Å². The summed E-state index contributed by atoms with van der Waals surface area (Å²) in [6, 6.07) is 6.06. The van der Waals surface area contributed by atoms with Crippen LogP contribution < -0.4 is 0 Å². The zero-order chi connectivity index (χ0) is 14.6. The van der Waals surface area contributed by atoms with Gasteiger partial charge >= 0.3 is 0 Å². The number of nitrogens with zero attached hydrogens (tertiary/aromatic N) is 1. The van der Waals surface area contributed by atoms with Crippen LogP contribution in [0.1, 0.15) is 51.0 Å². The Morgan fingerprint density at radius 3 is 2.55 bits per heavy atom. The van der Waals surface area contributed by atoms with Crippen molar-refractivity contribution >= 4 is 0 Å². The van der Waals surface area contributed by atoms with Crippen LogP contribution >= 0.6 is 0 Å². The summed E-state index contributed by atoms with van der Waals surface area (Å²) in [6.45, 7) is 2.18. The van der Waals surface area contributed by atoms with Gasteiger partial charge in [0.05, 0.1) is 11.5 Å². The highest BCUT2D eigenvalue weighted by Crippen LogP contribution is 2.42. The van der Waals surface area contributed by atoms with Gasteiger partial charge in [-0.2, -0.15) is 5.26 Å². The summed E-state index contributed by atoms with van der Waals surface area (Å²) in [4.78, 5) is 0. The minimum absolute atomic E-state index is 0.397. The molecule has 108 valence electrons. The minimum atomic E-state index is -0.566. The van der Waals surface area contributed by atoms with Crippen LogP contribution in [0.5, 0.6) is 0 Å². The summed E-state index contributed by atoms with van der Waals surface area (Å²) in [7, 11) is 0. The molecule has 0 atom stereocenters. The zero-order valence-electron chi connectivity index (χ0n) is 12.0. The number of benzene rings is 1. The molecular weight excluding hydrogens is 256 g/mol. The van der Waals surface area contributed by atoms with Crippen LogP contribution in [0.3, 0.4) is 0 Å². The lowest BCUT2D eigenvalue weighted by Crippen LogP contribution is -2.28. The molecule has 1 nitrogen and oxygen atoms in total. The first-order valence-corrected chi connectivity index (χ1v) is 7.44. The Morgan fingerprint density at radius 1 is 1.30 bits per heavy atom. The molecule has 0 radical (unpaired) electrons. The molecule has 1 aromatic rings. The van der Waals surface area contributed by atoms with Gasteiger partial charge in [0.15, 0.2) is 0 Å². The van der Waals surface area contributed by atoms with Crippen molar-refractivity contribution in [2.45, 2.75) is 51.9 Å². The first kappa shape index (κ1) is 15.0. The van der Waals surface area contributed by atoms with E-state index in [1.165, 1.54) is 25.0 Å². The molecule has 1 aliphatic rings. The van der Waals surface area contributed by atoms with Gasteiger partial charge in [0.1, 0.15) is 11.6 Å². The maximum Gasteiger partial charge on any atom is 0.129 e. The van der Waals surface area contributed by atoms with Gasteiger partial charge in [-0.05, 0) is 49.7 Å². The van der Waals surface area contributed by atoms with Crippen molar-refractivity contribution in [1.82, 2.24) is 0 Å². The fraction of sp³-hybridized carbons (Fsp3) is 0.588. The smallest absolute Gasteiger partial charge is 0.129 e. The maximum atomic E-state index is 13.8. The van der Waals surface area contributed by atoms with Crippen LogP contribution in [0.4, 0.5) is 8.78 Å². The summed E-state index contributed by atoms with van der Waals surface area (Å²) in [5.74, 6) is -0.390. The Bertz CT molecular complexity index is 496. The lowest BCUT2D eigenvalue weighted by Gasteiger charge is -2.35. The average molecular weight is 277 g/mol. The Kier molecular flexibility index (Phi) is 4.75. The summed E-state index contributed by atoms with van der Waals surface area (Å²) < 4.78 is 26.7. The van der Waals surface area contributed by atoms with Crippen LogP contribution in [-0.4, -0.2) is 0 Å². The molecule has 20 heavy (non-hydrogen) atoms. The van der Waals surface area contributed by atoms with Crippen LogP contribution in [-0.2, 0) is 6.42 Å². The van der Waals surface area contributed by atoms with E-state index in [1.807, 2.05) is 0 Å². The molecule has 0 aromatic heterocycles. The molecule has 1 saturated carbocycles. The van der Waals surface area contributed by atoms with Gasteiger partial charge in [-0.25, -0.2) is 8.78 Å². The summed E-state index contributed by atoms with van der Waals surface area (Å²) in [6.07, 6.45) is 6.53. The quantitative estimate of drug-likeness (QED) is 0.759. The van der Waals surface area contributed by atoms with Crippen molar-refractivity contribution in [1.29, 1.82) is 5.26 Å². The number of hydrogen-bond donors (Lipinski definition) is 0. The lowest BCUT2D eigenvalue weighted by atomic mass is 9.67. The molecule has 1 fully saturated rings. The van der Waals surface area contributed by atoms with Crippen molar-refractivity contribution < 1.29 is 8.78 Å². The molecular formula is C17H21F2N. The van der Waals surface area contributed by atoms with Gasteiger partial charge in [0.2, 0.25) is 0 Å². The van der Waals surface area contributed by atoms with Gasteiger partial charge in [0.25, 0.3) is 0 Å². The molecule has 0 heterocycles. The molecule has 0 N–H and O–H groups in total. The average Bonchev–Trinajstić information content (AvgIpc) is 2.45. The predicted molar refractivity (Wildman–Crippen MR) is 75.0 cm³/mol. The molecule has 0 aliphatic heterocycles. The van der Waals surface area contributed by atoms with Gasteiger partial charge in [-0.3, -0.25) is 0 Å². The molecule has 0 amide bonds. The number of rotatable bonds is 4. The van der Waals surface area contributed by atoms with E-state index < -0.39 is 17.0 Å². The van der Waals surface area contributed by atoms with Crippen LogP contribution in [0.15, 0.2) is 18.2 Å².